The zero-order valence-corrected chi connectivity index (χ0v) is 13.5. The molecule has 0 atom stereocenters. The number of hydrogen-bond acceptors (Lipinski definition) is 2. The molecule has 1 aliphatic heterocycles. The van der Waals surface area contributed by atoms with Crippen LogP contribution < -0.4 is 9.80 Å². The van der Waals surface area contributed by atoms with Crippen LogP contribution in [0.4, 0.5) is 17.1 Å². The highest BCUT2D eigenvalue weighted by Gasteiger charge is 2.25. The van der Waals surface area contributed by atoms with Crippen molar-refractivity contribution in [3.8, 4) is 0 Å². The van der Waals surface area contributed by atoms with Gasteiger partial charge in [0.15, 0.2) is 13.3 Å². The highest BCUT2D eigenvalue weighted by atomic mass is 15.4. The van der Waals surface area contributed by atoms with Crippen molar-refractivity contribution in [2.24, 2.45) is 0 Å². The van der Waals surface area contributed by atoms with Crippen LogP contribution in [0.25, 0.3) is 0 Å². The summed E-state index contributed by atoms with van der Waals surface area (Å²) in [6, 6.07) is 31.6. The third-order valence-corrected chi connectivity index (χ3v) is 4.22. The van der Waals surface area contributed by atoms with Crippen molar-refractivity contribution in [1.29, 1.82) is 0 Å². The van der Waals surface area contributed by atoms with E-state index in [9.17, 15) is 0 Å². The average molecular weight is 314 g/mol. The maximum atomic E-state index is 2.38. The Balaban J connectivity index is 1.73. The second kappa shape index (κ2) is 6.59. The Labute approximate surface area is 142 Å². The summed E-state index contributed by atoms with van der Waals surface area (Å²) in [4.78, 5) is 4.66. The van der Waals surface area contributed by atoms with E-state index < -0.39 is 0 Å². The molecule has 3 aromatic rings. The lowest BCUT2D eigenvalue weighted by Crippen LogP contribution is -2.47. The molecule has 4 rings (SSSR count). The topological polar surface area (TPSA) is 9.49 Å². The molecule has 0 bridgehead atoms. The SMILES string of the molecule is C1=[N+](c2ccccc2)CN(c2ccccc2)CN1c1ccccc1. The summed E-state index contributed by atoms with van der Waals surface area (Å²) in [7, 11) is 0. The van der Waals surface area contributed by atoms with Gasteiger partial charge in [-0.05, 0) is 36.4 Å². The Bertz CT molecular complexity index is 813. The van der Waals surface area contributed by atoms with Gasteiger partial charge < -0.3 is 0 Å². The molecule has 3 nitrogen and oxygen atoms in total. The molecule has 118 valence electrons. The molecule has 3 aromatic carbocycles. The van der Waals surface area contributed by atoms with Crippen molar-refractivity contribution in [1.82, 2.24) is 0 Å². The van der Waals surface area contributed by atoms with Gasteiger partial charge in [0, 0.05) is 5.69 Å². The van der Waals surface area contributed by atoms with E-state index in [0.29, 0.717) is 0 Å². The zero-order valence-electron chi connectivity index (χ0n) is 13.5. The zero-order chi connectivity index (χ0) is 16.2. The molecular formula is C21H20N3+. The molecule has 0 aromatic heterocycles. The standard InChI is InChI=1S/C21H20N3/c1-4-10-19(11-5-1)22-16-23(20-12-6-2-7-13-20)18-24(17-22)21-14-8-3-9-15-21/h1-16H,17-18H2/q+1. The molecule has 0 radical (unpaired) electrons. The van der Waals surface area contributed by atoms with Crippen LogP contribution in [0.3, 0.4) is 0 Å². The summed E-state index contributed by atoms with van der Waals surface area (Å²) in [6.45, 7) is 1.66. The first-order valence-corrected chi connectivity index (χ1v) is 8.18. The van der Waals surface area contributed by atoms with E-state index in [1.807, 2.05) is 0 Å². The monoisotopic (exact) mass is 314 g/mol. The summed E-state index contributed by atoms with van der Waals surface area (Å²) in [5, 5.41) is 0. The Morgan fingerprint density at radius 2 is 1.17 bits per heavy atom. The minimum Gasteiger partial charge on any atom is -0.298 e. The van der Waals surface area contributed by atoms with Gasteiger partial charge in [-0.3, -0.25) is 4.90 Å². The van der Waals surface area contributed by atoms with Crippen LogP contribution in [-0.4, -0.2) is 24.3 Å². The van der Waals surface area contributed by atoms with Crippen molar-refractivity contribution in [2.45, 2.75) is 0 Å². The van der Waals surface area contributed by atoms with Gasteiger partial charge in [0.05, 0.1) is 0 Å². The lowest BCUT2D eigenvalue weighted by Gasteiger charge is -2.31. The second-order valence-corrected chi connectivity index (χ2v) is 5.88. The minimum absolute atomic E-state index is 0.831. The number of rotatable bonds is 3. The van der Waals surface area contributed by atoms with Gasteiger partial charge >= 0.3 is 0 Å². The fourth-order valence-corrected chi connectivity index (χ4v) is 2.99. The largest absolute Gasteiger partial charge is 0.298 e. The number of anilines is 2. The van der Waals surface area contributed by atoms with E-state index in [0.717, 1.165) is 13.3 Å². The molecule has 0 aliphatic carbocycles. The molecule has 0 unspecified atom stereocenters. The first-order chi connectivity index (χ1) is 11.9. The first kappa shape index (κ1) is 14.5. The summed E-state index contributed by atoms with van der Waals surface area (Å²) in [6.07, 6.45) is 2.20. The third-order valence-electron chi connectivity index (χ3n) is 4.22. The summed E-state index contributed by atoms with van der Waals surface area (Å²) >= 11 is 0. The maximum Gasteiger partial charge on any atom is 0.247 e. The van der Waals surface area contributed by atoms with Crippen LogP contribution in [0.2, 0.25) is 0 Å². The highest BCUT2D eigenvalue weighted by Crippen LogP contribution is 2.22. The van der Waals surface area contributed by atoms with Gasteiger partial charge in [0.25, 0.3) is 0 Å². The Morgan fingerprint density at radius 1 is 0.625 bits per heavy atom. The number of nitrogens with zero attached hydrogens (tertiary/aromatic N) is 3. The van der Waals surface area contributed by atoms with Gasteiger partial charge in [-0.25, -0.2) is 9.48 Å². The summed E-state index contributed by atoms with van der Waals surface area (Å²) in [5.74, 6) is 0. The second-order valence-electron chi connectivity index (χ2n) is 5.88. The quantitative estimate of drug-likeness (QED) is 0.667. The fourth-order valence-electron chi connectivity index (χ4n) is 2.99. The van der Waals surface area contributed by atoms with Gasteiger partial charge in [-0.1, -0.05) is 54.6 Å². The van der Waals surface area contributed by atoms with E-state index in [1.54, 1.807) is 0 Å². The number of hydrogen-bond donors (Lipinski definition) is 0. The molecule has 24 heavy (non-hydrogen) atoms. The molecule has 1 heterocycles. The molecule has 0 spiro atoms. The van der Waals surface area contributed by atoms with Crippen molar-refractivity contribution in [3.05, 3.63) is 91.0 Å². The van der Waals surface area contributed by atoms with Gasteiger partial charge in [-0.15, -0.1) is 0 Å². The summed E-state index contributed by atoms with van der Waals surface area (Å²) in [5.41, 5.74) is 3.62. The first-order valence-electron chi connectivity index (χ1n) is 8.18. The van der Waals surface area contributed by atoms with Crippen LogP contribution in [0, 0.1) is 0 Å². The molecule has 1 aliphatic rings. The molecule has 3 heteroatoms. The van der Waals surface area contributed by atoms with Crippen LogP contribution in [0.5, 0.6) is 0 Å². The van der Waals surface area contributed by atoms with E-state index in [2.05, 4.69) is 112 Å². The normalized spacial score (nSPS) is 14.4. The Hall–Kier alpha value is -3.07. The Morgan fingerprint density at radius 3 is 1.79 bits per heavy atom. The minimum atomic E-state index is 0.831. The van der Waals surface area contributed by atoms with Crippen molar-refractivity contribution >= 4 is 23.4 Å². The third kappa shape index (κ3) is 3.01. The molecule has 0 N–H and O–H groups in total. The molecular weight excluding hydrogens is 294 g/mol. The van der Waals surface area contributed by atoms with E-state index in [1.165, 1.54) is 17.1 Å². The fraction of sp³-hybridized carbons (Fsp3) is 0.0952. The van der Waals surface area contributed by atoms with Crippen LogP contribution in [-0.2, 0) is 0 Å². The molecule has 0 fully saturated rings. The van der Waals surface area contributed by atoms with Crippen LogP contribution in [0.1, 0.15) is 0 Å². The number of benzene rings is 3. The predicted molar refractivity (Wildman–Crippen MR) is 100 cm³/mol. The van der Waals surface area contributed by atoms with Gasteiger partial charge in [0.2, 0.25) is 6.34 Å². The molecule has 0 saturated heterocycles. The number of para-hydroxylation sites is 3. The van der Waals surface area contributed by atoms with Crippen molar-refractivity contribution < 1.29 is 4.58 Å². The predicted octanol–water partition coefficient (Wildman–Crippen LogP) is 4.30. The lowest BCUT2D eigenvalue weighted by atomic mass is 10.2. The smallest absolute Gasteiger partial charge is 0.247 e. The van der Waals surface area contributed by atoms with E-state index >= 15 is 0 Å². The summed E-state index contributed by atoms with van der Waals surface area (Å²) < 4.78 is 2.28. The van der Waals surface area contributed by atoms with Crippen molar-refractivity contribution in [2.75, 3.05) is 23.1 Å². The van der Waals surface area contributed by atoms with E-state index in [4.69, 9.17) is 0 Å². The van der Waals surface area contributed by atoms with Crippen molar-refractivity contribution in [3.63, 3.8) is 0 Å². The molecule has 0 saturated carbocycles. The average Bonchev–Trinajstić information content (AvgIpc) is 2.70. The van der Waals surface area contributed by atoms with E-state index in [-0.39, 0.29) is 0 Å². The van der Waals surface area contributed by atoms with Crippen LogP contribution in [0.15, 0.2) is 91.0 Å². The lowest BCUT2D eigenvalue weighted by molar-refractivity contribution is -0.439. The Kier molecular flexibility index (Phi) is 3.98. The molecule has 0 amide bonds. The maximum absolute atomic E-state index is 2.38. The van der Waals surface area contributed by atoms with Gasteiger partial charge in [0.1, 0.15) is 11.4 Å². The highest BCUT2D eigenvalue weighted by molar-refractivity contribution is 5.78. The van der Waals surface area contributed by atoms with Gasteiger partial charge in [-0.2, -0.15) is 0 Å². The van der Waals surface area contributed by atoms with Crippen LogP contribution >= 0.6 is 0 Å².